The molecule has 3 rings (SSSR count). The molecule has 0 unspecified atom stereocenters. The molecule has 1 amide bonds. The van der Waals surface area contributed by atoms with Gasteiger partial charge >= 0.3 is 0 Å². The van der Waals surface area contributed by atoms with Crippen LogP contribution in [0.4, 0.5) is 0 Å². The van der Waals surface area contributed by atoms with Crippen LogP contribution < -0.4 is 0 Å². The van der Waals surface area contributed by atoms with Crippen LogP contribution in [0.25, 0.3) is 5.69 Å². The van der Waals surface area contributed by atoms with Crippen molar-refractivity contribution in [2.45, 2.75) is 20.4 Å². The number of phenolic OH excluding ortho intramolecular Hbond substituents is 1. The van der Waals surface area contributed by atoms with Gasteiger partial charge in [-0.2, -0.15) is 5.10 Å². The van der Waals surface area contributed by atoms with Crippen molar-refractivity contribution in [2.24, 2.45) is 0 Å². The van der Waals surface area contributed by atoms with E-state index in [1.54, 1.807) is 47.0 Å². The standard InChI is InChI=1S/C20H20ClN3O2/c1-13-19(21)14(2)24(22-13)17-10-8-15(9-11-17)20(26)23(3)12-16-6-4-5-7-18(16)25/h4-11,25H,12H2,1-3H3. The largest absolute Gasteiger partial charge is 0.508 e. The minimum absolute atomic E-state index is 0.119. The van der Waals surface area contributed by atoms with E-state index in [9.17, 15) is 9.90 Å². The Bertz CT molecular complexity index is 948. The number of hydrogen-bond acceptors (Lipinski definition) is 3. The first-order chi connectivity index (χ1) is 12.4. The summed E-state index contributed by atoms with van der Waals surface area (Å²) in [4.78, 5) is 14.2. The number of aryl methyl sites for hydroxylation is 1. The minimum Gasteiger partial charge on any atom is -0.508 e. The average molecular weight is 370 g/mol. The smallest absolute Gasteiger partial charge is 0.253 e. The number of nitrogens with zero attached hydrogens (tertiary/aromatic N) is 3. The second kappa shape index (κ2) is 7.22. The van der Waals surface area contributed by atoms with E-state index in [0.717, 1.165) is 17.1 Å². The fourth-order valence-electron chi connectivity index (χ4n) is 2.81. The van der Waals surface area contributed by atoms with Gasteiger partial charge in [0, 0.05) is 24.7 Å². The van der Waals surface area contributed by atoms with E-state index >= 15 is 0 Å². The number of aromatic hydroxyl groups is 1. The van der Waals surface area contributed by atoms with Crippen LogP contribution in [0.3, 0.4) is 0 Å². The van der Waals surface area contributed by atoms with Crippen molar-refractivity contribution in [3.05, 3.63) is 76.1 Å². The van der Waals surface area contributed by atoms with Gasteiger partial charge in [-0.15, -0.1) is 0 Å². The molecule has 0 aliphatic carbocycles. The van der Waals surface area contributed by atoms with E-state index in [0.29, 0.717) is 22.7 Å². The number of aromatic nitrogens is 2. The first kappa shape index (κ1) is 18.0. The molecule has 6 heteroatoms. The van der Waals surface area contributed by atoms with Crippen molar-refractivity contribution in [3.63, 3.8) is 0 Å². The highest BCUT2D eigenvalue weighted by Gasteiger charge is 2.15. The summed E-state index contributed by atoms with van der Waals surface area (Å²) < 4.78 is 1.76. The van der Waals surface area contributed by atoms with E-state index in [2.05, 4.69) is 5.10 Å². The fourth-order valence-corrected chi connectivity index (χ4v) is 2.93. The summed E-state index contributed by atoms with van der Waals surface area (Å²) >= 11 is 6.20. The summed E-state index contributed by atoms with van der Waals surface area (Å²) in [5.74, 6) is 0.0649. The Morgan fingerprint density at radius 2 is 1.81 bits per heavy atom. The zero-order chi connectivity index (χ0) is 18.8. The number of halogens is 1. The first-order valence-corrected chi connectivity index (χ1v) is 8.60. The SMILES string of the molecule is Cc1nn(-c2ccc(C(=O)N(C)Cc3ccccc3O)cc2)c(C)c1Cl. The maximum atomic E-state index is 12.6. The van der Waals surface area contributed by atoms with Crippen LogP contribution in [0.15, 0.2) is 48.5 Å². The molecule has 3 aromatic rings. The number of phenols is 1. The second-order valence-corrected chi connectivity index (χ2v) is 6.61. The lowest BCUT2D eigenvalue weighted by atomic mass is 10.1. The molecular formula is C20H20ClN3O2. The van der Waals surface area contributed by atoms with Crippen molar-refractivity contribution in [1.82, 2.24) is 14.7 Å². The van der Waals surface area contributed by atoms with E-state index < -0.39 is 0 Å². The monoisotopic (exact) mass is 369 g/mol. The quantitative estimate of drug-likeness (QED) is 0.752. The first-order valence-electron chi connectivity index (χ1n) is 8.23. The molecule has 0 radical (unpaired) electrons. The molecule has 2 aromatic carbocycles. The molecule has 0 atom stereocenters. The van der Waals surface area contributed by atoms with Gasteiger partial charge in [-0.1, -0.05) is 29.8 Å². The van der Waals surface area contributed by atoms with E-state index in [1.165, 1.54) is 0 Å². The molecule has 1 heterocycles. The third-order valence-corrected chi connectivity index (χ3v) is 4.85. The molecule has 0 fully saturated rings. The molecule has 0 saturated carbocycles. The van der Waals surface area contributed by atoms with Crippen LogP contribution in [0.5, 0.6) is 5.75 Å². The van der Waals surface area contributed by atoms with Gasteiger partial charge in [0.25, 0.3) is 5.91 Å². The zero-order valence-corrected chi connectivity index (χ0v) is 15.7. The molecule has 0 saturated heterocycles. The zero-order valence-electron chi connectivity index (χ0n) is 14.9. The van der Waals surface area contributed by atoms with Crippen LogP contribution in [-0.2, 0) is 6.54 Å². The fraction of sp³-hybridized carbons (Fsp3) is 0.200. The van der Waals surface area contributed by atoms with Crippen molar-refractivity contribution in [3.8, 4) is 11.4 Å². The highest BCUT2D eigenvalue weighted by Crippen LogP contribution is 2.23. The van der Waals surface area contributed by atoms with Crippen molar-refractivity contribution in [1.29, 1.82) is 0 Å². The minimum atomic E-state index is -0.119. The lowest BCUT2D eigenvalue weighted by Crippen LogP contribution is -2.26. The maximum Gasteiger partial charge on any atom is 0.253 e. The van der Waals surface area contributed by atoms with Gasteiger partial charge in [0.15, 0.2) is 0 Å². The lowest BCUT2D eigenvalue weighted by molar-refractivity contribution is 0.0784. The molecule has 5 nitrogen and oxygen atoms in total. The van der Waals surface area contributed by atoms with Crippen molar-refractivity contribution in [2.75, 3.05) is 7.05 Å². The molecule has 0 spiro atoms. The van der Waals surface area contributed by atoms with Gasteiger partial charge in [-0.25, -0.2) is 4.68 Å². The van der Waals surface area contributed by atoms with Gasteiger partial charge in [0.1, 0.15) is 5.75 Å². The number of carbonyl (C=O) groups is 1. The van der Waals surface area contributed by atoms with Crippen LogP contribution in [0.2, 0.25) is 5.02 Å². The lowest BCUT2D eigenvalue weighted by Gasteiger charge is -2.18. The highest BCUT2D eigenvalue weighted by molar-refractivity contribution is 6.31. The van der Waals surface area contributed by atoms with Gasteiger partial charge in [0.05, 0.1) is 22.1 Å². The Morgan fingerprint density at radius 3 is 2.38 bits per heavy atom. The third-order valence-electron chi connectivity index (χ3n) is 4.31. The van der Waals surface area contributed by atoms with Gasteiger partial charge in [0.2, 0.25) is 0 Å². The van der Waals surface area contributed by atoms with E-state index in [-0.39, 0.29) is 11.7 Å². The molecule has 0 aliphatic heterocycles. The Kier molecular flexibility index (Phi) is 5.00. The Morgan fingerprint density at radius 1 is 1.15 bits per heavy atom. The Balaban J connectivity index is 1.78. The molecule has 0 bridgehead atoms. The maximum absolute atomic E-state index is 12.6. The average Bonchev–Trinajstić information content (AvgIpc) is 2.90. The summed E-state index contributed by atoms with van der Waals surface area (Å²) in [5, 5.41) is 14.9. The number of para-hydroxylation sites is 1. The molecule has 134 valence electrons. The summed E-state index contributed by atoms with van der Waals surface area (Å²) in [6.45, 7) is 4.10. The topological polar surface area (TPSA) is 58.4 Å². The summed E-state index contributed by atoms with van der Waals surface area (Å²) in [6, 6.07) is 14.2. The van der Waals surface area contributed by atoms with Gasteiger partial charge in [-0.05, 0) is 44.2 Å². The van der Waals surface area contributed by atoms with Gasteiger partial charge in [-0.3, -0.25) is 4.79 Å². The molecule has 0 aliphatic rings. The van der Waals surface area contributed by atoms with E-state index in [4.69, 9.17) is 11.6 Å². The predicted octanol–water partition coefficient (Wildman–Crippen LogP) is 4.12. The Labute approximate surface area is 157 Å². The Hall–Kier alpha value is -2.79. The van der Waals surface area contributed by atoms with Gasteiger partial charge < -0.3 is 10.0 Å². The number of amides is 1. The van der Waals surface area contributed by atoms with Crippen LogP contribution in [0, 0.1) is 13.8 Å². The summed E-state index contributed by atoms with van der Waals surface area (Å²) in [7, 11) is 1.71. The number of carbonyl (C=O) groups excluding carboxylic acids is 1. The predicted molar refractivity (Wildman–Crippen MR) is 102 cm³/mol. The number of rotatable bonds is 4. The van der Waals surface area contributed by atoms with Crippen LogP contribution >= 0.6 is 11.6 Å². The molecule has 1 N–H and O–H groups in total. The van der Waals surface area contributed by atoms with Crippen molar-refractivity contribution < 1.29 is 9.90 Å². The van der Waals surface area contributed by atoms with E-state index in [1.807, 2.05) is 32.0 Å². The third kappa shape index (κ3) is 3.44. The molecule has 1 aromatic heterocycles. The highest BCUT2D eigenvalue weighted by atomic mass is 35.5. The van der Waals surface area contributed by atoms with Crippen LogP contribution in [-0.4, -0.2) is 32.7 Å². The summed E-state index contributed by atoms with van der Waals surface area (Å²) in [6.07, 6.45) is 0. The van der Waals surface area contributed by atoms with Crippen molar-refractivity contribution >= 4 is 17.5 Å². The molecular weight excluding hydrogens is 350 g/mol. The molecule has 26 heavy (non-hydrogen) atoms. The summed E-state index contributed by atoms with van der Waals surface area (Å²) in [5.41, 5.74) is 3.75. The second-order valence-electron chi connectivity index (χ2n) is 6.23. The normalized spacial score (nSPS) is 10.8. The number of hydrogen-bond donors (Lipinski definition) is 1. The number of benzene rings is 2. The van der Waals surface area contributed by atoms with Crippen LogP contribution in [0.1, 0.15) is 27.3 Å².